The Morgan fingerprint density at radius 3 is 2.75 bits per heavy atom. The van der Waals surface area contributed by atoms with Gasteiger partial charge in [0.25, 0.3) is 0 Å². The second-order valence-corrected chi connectivity index (χ2v) is 9.56. The third-order valence-corrected chi connectivity index (χ3v) is 7.12. The number of nitrogens with one attached hydrogen (secondary N) is 3. The van der Waals surface area contributed by atoms with E-state index in [1.54, 1.807) is 0 Å². The van der Waals surface area contributed by atoms with Crippen LogP contribution in [0.4, 0.5) is 5.69 Å². The largest absolute Gasteiger partial charge is 0.379 e. The van der Waals surface area contributed by atoms with E-state index in [9.17, 15) is 4.79 Å². The molecule has 1 saturated heterocycles. The van der Waals surface area contributed by atoms with Crippen LogP contribution in [-0.4, -0.2) is 69.2 Å². The third kappa shape index (κ3) is 6.01. The molecule has 1 aromatic carbocycles. The van der Waals surface area contributed by atoms with E-state index in [-0.39, 0.29) is 17.2 Å². The Labute approximate surface area is 192 Å². The Kier molecular flexibility index (Phi) is 8.03. The van der Waals surface area contributed by atoms with Gasteiger partial charge in [-0.1, -0.05) is 37.5 Å². The molecule has 0 bridgehead atoms. The summed E-state index contributed by atoms with van der Waals surface area (Å²) in [4.78, 5) is 19.8. The van der Waals surface area contributed by atoms with E-state index >= 15 is 0 Å². The van der Waals surface area contributed by atoms with Crippen molar-refractivity contribution in [3.05, 3.63) is 29.8 Å². The molecule has 1 atom stereocenters. The van der Waals surface area contributed by atoms with E-state index in [2.05, 4.69) is 33.8 Å². The Morgan fingerprint density at radius 1 is 1.19 bits per heavy atom. The average Bonchev–Trinajstić information content (AvgIpc) is 2.82. The lowest BCUT2D eigenvalue weighted by molar-refractivity contribution is -0.116. The van der Waals surface area contributed by atoms with Gasteiger partial charge in [0.1, 0.15) is 0 Å². The van der Waals surface area contributed by atoms with Crippen molar-refractivity contribution >= 4 is 17.6 Å². The van der Waals surface area contributed by atoms with Crippen molar-refractivity contribution in [3.63, 3.8) is 0 Å². The first-order chi connectivity index (χ1) is 15.7. The Balaban J connectivity index is 1.42. The first-order valence-electron chi connectivity index (χ1n) is 12.4. The number of anilines is 1. The van der Waals surface area contributed by atoms with Gasteiger partial charge in [0, 0.05) is 62.7 Å². The van der Waals surface area contributed by atoms with Gasteiger partial charge in [-0.3, -0.25) is 14.7 Å². The first-order valence-corrected chi connectivity index (χ1v) is 12.4. The van der Waals surface area contributed by atoms with Gasteiger partial charge >= 0.3 is 0 Å². The maximum Gasteiger partial charge on any atom is 0.225 e. The van der Waals surface area contributed by atoms with Gasteiger partial charge < -0.3 is 20.7 Å². The van der Waals surface area contributed by atoms with Crippen molar-refractivity contribution in [2.24, 2.45) is 10.4 Å². The molecule has 0 aromatic heterocycles. The fourth-order valence-corrected chi connectivity index (χ4v) is 5.39. The normalized spacial score (nSPS) is 23.8. The molecule has 1 amide bonds. The molecule has 0 spiro atoms. The minimum absolute atomic E-state index is 0.0871. The number of carbonyl (C=O) groups is 1. The predicted molar refractivity (Wildman–Crippen MR) is 129 cm³/mol. The van der Waals surface area contributed by atoms with E-state index in [0.29, 0.717) is 13.0 Å². The minimum atomic E-state index is 0.0871. The molecule has 1 aromatic rings. The summed E-state index contributed by atoms with van der Waals surface area (Å²) in [5, 5.41) is 9.95. The standard InChI is InChI=1S/C25H39N5O2/c1-2-26-24(27-17-20-16-23(31)29-22-9-5-4-8-21(20)22)28-18-25(10-6-3-7-11-25)19-30-12-14-32-15-13-30/h4-5,8-9,20H,2-3,6-7,10-19H2,1H3,(H,29,31)(H2,26,27,28). The quantitative estimate of drug-likeness (QED) is 0.448. The molecule has 3 N–H and O–H groups in total. The van der Waals surface area contributed by atoms with E-state index in [1.807, 2.05) is 18.2 Å². The predicted octanol–water partition coefficient (Wildman–Crippen LogP) is 2.95. The van der Waals surface area contributed by atoms with Gasteiger partial charge in [0.15, 0.2) is 5.96 Å². The highest BCUT2D eigenvalue weighted by Gasteiger charge is 2.34. The van der Waals surface area contributed by atoms with Crippen LogP contribution >= 0.6 is 0 Å². The van der Waals surface area contributed by atoms with Gasteiger partial charge in [0.05, 0.1) is 13.2 Å². The maximum atomic E-state index is 12.2. The first kappa shape index (κ1) is 23.1. The summed E-state index contributed by atoms with van der Waals surface area (Å²) in [6.45, 7) is 9.36. The number of guanidine groups is 1. The topological polar surface area (TPSA) is 78.0 Å². The highest BCUT2D eigenvalue weighted by molar-refractivity contribution is 5.94. The van der Waals surface area contributed by atoms with Crippen LogP contribution in [-0.2, 0) is 9.53 Å². The number of rotatable bonds is 7. The van der Waals surface area contributed by atoms with Crippen LogP contribution in [0.15, 0.2) is 29.3 Å². The van der Waals surface area contributed by atoms with Gasteiger partial charge in [-0.2, -0.15) is 0 Å². The number of nitrogens with zero attached hydrogens (tertiary/aromatic N) is 2. The number of hydrogen-bond acceptors (Lipinski definition) is 4. The molecule has 1 aliphatic carbocycles. The van der Waals surface area contributed by atoms with Crippen molar-refractivity contribution in [1.29, 1.82) is 0 Å². The van der Waals surface area contributed by atoms with Gasteiger partial charge in [-0.25, -0.2) is 0 Å². The number of hydrogen-bond donors (Lipinski definition) is 3. The molecule has 3 aliphatic rings. The van der Waals surface area contributed by atoms with Crippen LogP contribution in [0.5, 0.6) is 0 Å². The summed E-state index contributed by atoms with van der Waals surface area (Å²) >= 11 is 0. The number of ether oxygens (including phenoxy) is 1. The van der Waals surface area contributed by atoms with Crippen molar-refractivity contribution in [2.45, 2.75) is 51.4 Å². The Hall–Kier alpha value is -2.12. The second-order valence-electron chi connectivity index (χ2n) is 9.56. The average molecular weight is 442 g/mol. The molecular formula is C25H39N5O2. The summed E-state index contributed by atoms with van der Waals surface area (Å²) in [5.41, 5.74) is 2.39. The highest BCUT2D eigenvalue weighted by Crippen LogP contribution is 2.38. The molecule has 7 heteroatoms. The molecule has 176 valence electrons. The summed E-state index contributed by atoms with van der Waals surface area (Å²) in [6, 6.07) is 8.11. The minimum Gasteiger partial charge on any atom is -0.379 e. The number of amides is 1. The summed E-state index contributed by atoms with van der Waals surface area (Å²) in [7, 11) is 0. The molecule has 32 heavy (non-hydrogen) atoms. The number of aliphatic imine (C=N–C) groups is 1. The summed E-state index contributed by atoms with van der Waals surface area (Å²) in [5.74, 6) is 1.10. The van der Waals surface area contributed by atoms with Crippen LogP contribution in [0.2, 0.25) is 0 Å². The number of benzene rings is 1. The zero-order valence-electron chi connectivity index (χ0n) is 19.5. The van der Waals surface area contributed by atoms with E-state index < -0.39 is 0 Å². The molecule has 4 rings (SSSR count). The molecule has 1 saturated carbocycles. The van der Waals surface area contributed by atoms with Gasteiger partial charge in [-0.15, -0.1) is 0 Å². The van der Waals surface area contributed by atoms with Crippen LogP contribution in [0.3, 0.4) is 0 Å². The van der Waals surface area contributed by atoms with Crippen LogP contribution in [0.1, 0.15) is 56.9 Å². The van der Waals surface area contributed by atoms with E-state index in [4.69, 9.17) is 9.73 Å². The smallest absolute Gasteiger partial charge is 0.225 e. The SMILES string of the molecule is CCNC(=NCC1(CN2CCOCC2)CCCCC1)NCC1CC(=O)Nc2ccccc21. The van der Waals surface area contributed by atoms with E-state index in [0.717, 1.165) is 57.6 Å². The number of morpholine rings is 1. The number of fused-ring (bicyclic) bond motifs is 1. The second kappa shape index (κ2) is 11.1. The molecule has 1 unspecified atom stereocenters. The molecule has 2 fully saturated rings. The van der Waals surface area contributed by atoms with Gasteiger partial charge in [-0.05, 0) is 31.4 Å². The maximum absolute atomic E-state index is 12.2. The zero-order chi connectivity index (χ0) is 22.2. The third-order valence-electron chi connectivity index (χ3n) is 7.12. The number of carbonyl (C=O) groups excluding carboxylic acids is 1. The van der Waals surface area contributed by atoms with Crippen LogP contribution in [0, 0.1) is 5.41 Å². The van der Waals surface area contributed by atoms with Gasteiger partial charge in [0.2, 0.25) is 5.91 Å². The lowest BCUT2D eigenvalue weighted by atomic mass is 9.73. The monoisotopic (exact) mass is 441 g/mol. The summed E-state index contributed by atoms with van der Waals surface area (Å²) in [6.07, 6.45) is 6.96. The fourth-order valence-electron chi connectivity index (χ4n) is 5.39. The Bertz CT molecular complexity index is 784. The Morgan fingerprint density at radius 2 is 1.97 bits per heavy atom. The molecule has 2 aliphatic heterocycles. The molecular weight excluding hydrogens is 402 g/mol. The van der Waals surface area contributed by atoms with Crippen molar-refractivity contribution < 1.29 is 9.53 Å². The summed E-state index contributed by atoms with van der Waals surface area (Å²) < 4.78 is 5.56. The lowest BCUT2D eigenvalue weighted by Crippen LogP contribution is -2.47. The van der Waals surface area contributed by atoms with Crippen molar-refractivity contribution in [3.8, 4) is 0 Å². The molecule has 0 radical (unpaired) electrons. The lowest BCUT2D eigenvalue weighted by Gasteiger charge is -2.41. The molecule has 2 heterocycles. The number of para-hydroxylation sites is 1. The fraction of sp³-hybridized carbons (Fsp3) is 0.680. The van der Waals surface area contributed by atoms with Crippen LogP contribution < -0.4 is 16.0 Å². The zero-order valence-corrected chi connectivity index (χ0v) is 19.5. The molecule has 7 nitrogen and oxygen atoms in total. The highest BCUT2D eigenvalue weighted by atomic mass is 16.5. The van der Waals surface area contributed by atoms with Crippen molar-refractivity contribution in [1.82, 2.24) is 15.5 Å². The van der Waals surface area contributed by atoms with Crippen molar-refractivity contribution in [2.75, 3.05) is 57.8 Å². The van der Waals surface area contributed by atoms with Crippen LogP contribution in [0.25, 0.3) is 0 Å². The van der Waals surface area contributed by atoms with E-state index in [1.165, 1.54) is 37.7 Å².